The van der Waals surface area contributed by atoms with E-state index in [0.29, 0.717) is 17.8 Å². The molecule has 0 saturated carbocycles. The largest absolute Gasteiger partial charge is 0.361 e. The average Bonchev–Trinajstić information content (AvgIpc) is 3.28. The van der Waals surface area contributed by atoms with Crippen molar-refractivity contribution in [1.29, 1.82) is 0 Å². The van der Waals surface area contributed by atoms with E-state index in [0.717, 1.165) is 11.9 Å². The number of hydrogen-bond donors (Lipinski definition) is 3. The maximum absolute atomic E-state index is 12.8. The quantitative estimate of drug-likeness (QED) is 0.561. The Labute approximate surface area is 168 Å². The third kappa shape index (κ3) is 3.64. The Balaban J connectivity index is 1.39. The highest BCUT2D eigenvalue weighted by molar-refractivity contribution is 6.22. The molecule has 1 aliphatic rings. The molecular formula is C22H22N4O3. The van der Waals surface area contributed by atoms with Crippen LogP contribution in [0.5, 0.6) is 0 Å². The van der Waals surface area contributed by atoms with Crippen molar-refractivity contribution in [3.05, 3.63) is 65.9 Å². The number of rotatable bonds is 6. The van der Waals surface area contributed by atoms with Gasteiger partial charge in [0.25, 0.3) is 11.8 Å². The summed E-state index contributed by atoms with van der Waals surface area (Å²) >= 11 is 0. The third-order valence-corrected chi connectivity index (χ3v) is 5.22. The summed E-state index contributed by atoms with van der Waals surface area (Å²) in [6.45, 7) is 0.592. The molecule has 148 valence electrons. The molecule has 0 spiro atoms. The van der Waals surface area contributed by atoms with Crippen molar-refractivity contribution < 1.29 is 14.4 Å². The molecule has 1 unspecified atom stereocenters. The molecule has 0 radical (unpaired) electrons. The van der Waals surface area contributed by atoms with Gasteiger partial charge in [0.1, 0.15) is 0 Å². The summed E-state index contributed by atoms with van der Waals surface area (Å²) in [7, 11) is 1.55. The molecule has 2 aromatic carbocycles. The molecule has 1 fully saturated rings. The number of amides is 3. The molecule has 3 aromatic rings. The van der Waals surface area contributed by atoms with Crippen LogP contribution in [0.1, 0.15) is 22.3 Å². The standard InChI is InChI=1S/C22H22N4O3/c1-23-21(28)14-6-8-16(9-7-14)26-20(27)12-19(22(26)29)24-11-10-15-13-25-18-5-3-2-4-17(15)18/h2-9,13,19,24-25H,10-12H2,1H3,(H,23,28). The van der Waals surface area contributed by atoms with E-state index in [1.807, 2.05) is 24.4 Å². The van der Waals surface area contributed by atoms with Crippen LogP contribution in [-0.2, 0) is 16.0 Å². The van der Waals surface area contributed by atoms with Gasteiger partial charge >= 0.3 is 0 Å². The third-order valence-electron chi connectivity index (χ3n) is 5.22. The van der Waals surface area contributed by atoms with Gasteiger partial charge in [-0.05, 0) is 42.3 Å². The Morgan fingerprint density at radius 1 is 1.14 bits per heavy atom. The normalized spacial score (nSPS) is 16.6. The number of aromatic amines is 1. The zero-order valence-corrected chi connectivity index (χ0v) is 16.1. The van der Waals surface area contributed by atoms with Crippen molar-refractivity contribution in [2.24, 2.45) is 0 Å². The Morgan fingerprint density at radius 2 is 1.90 bits per heavy atom. The molecule has 1 aliphatic heterocycles. The van der Waals surface area contributed by atoms with E-state index >= 15 is 0 Å². The SMILES string of the molecule is CNC(=O)c1ccc(N2C(=O)CC(NCCc3c[nH]c4ccccc34)C2=O)cc1. The number of aromatic nitrogens is 1. The van der Waals surface area contributed by atoms with E-state index in [9.17, 15) is 14.4 Å². The van der Waals surface area contributed by atoms with Gasteiger partial charge in [-0.2, -0.15) is 0 Å². The maximum Gasteiger partial charge on any atom is 0.251 e. The number of benzene rings is 2. The Hall–Kier alpha value is -3.45. The van der Waals surface area contributed by atoms with E-state index < -0.39 is 6.04 Å². The molecule has 3 N–H and O–H groups in total. The molecule has 7 nitrogen and oxygen atoms in total. The van der Waals surface area contributed by atoms with Crippen molar-refractivity contribution in [1.82, 2.24) is 15.6 Å². The number of para-hydroxylation sites is 1. The van der Waals surface area contributed by atoms with Gasteiger partial charge in [0.15, 0.2) is 0 Å². The molecule has 4 rings (SSSR count). The fraction of sp³-hybridized carbons (Fsp3) is 0.227. The topological polar surface area (TPSA) is 94.3 Å². The Kier molecular flexibility index (Phi) is 5.14. The summed E-state index contributed by atoms with van der Waals surface area (Å²) in [6, 6.07) is 14.0. The molecular weight excluding hydrogens is 368 g/mol. The number of hydrogen-bond acceptors (Lipinski definition) is 4. The van der Waals surface area contributed by atoms with Crippen LogP contribution in [0.25, 0.3) is 10.9 Å². The molecule has 0 aliphatic carbocycles. The number of imide groups is 1. The van der Waals surface area contributed by atoms with Crippen LogP contribution >= 0.6 is 0 Å². The van der Waals surface area contributed by atoms with E-state index in [-0.39, 0.29) is 24.1 Å². The van der Waals surface area contributed by atoms with Crippen LogP contribution in [0.3, 0.4) is 0 Å². The lowest BCUT2D eigenvalue weighted by Crippen LogP contribution is -2.39. The maximum atomic E-state index is 12.8. The van der Waals surface area contributed by atoms with Crippen molar-refractivity contribution in [3.8, 4) is 0 Å². The zero-order valence-electron chi connectivity index (χ0n) is 16.1. The monoisotopic (exact) mass is 390 g/mol. The molecule has 2 heterocycles. The van der Waals surface area contributed by atoms with E-state index in [2.05, 4.69) is 21.7 Å². The number of anilines is 1. The number of H-pyrrole nitrogens is 1. The minimum Gasteiger partial charge on any atom is -0.361 e. The Morgan fingerprint density at radius 3 is 2.66 bits per heavy atom. The van der Waals surface area contributed by atoms with Gasteiger partial charge in [-0.25, -0.2) is 4.90 Å². The summed E-state index contributed by atoms with van der Waals surface area (Å²) in [5.41, 5.74) is 3.21. The van der Waals surface area contributed by atoms with E-state index in [1.54, 1.807) is 31.3 Å². The van der Waals surface area contributed by atoms with Gasteiger partial charge in [0, 0.05) is 36.3 Å². The molecule has 0 bridgehead atoms. The second-order valence-corrected chi connectivity index (χ2v) is 7.01. The van der Waals surface area contributed by atoms with Crippen LogP contribution < -0.4 is 15.5 Å². The van der Waals surface area contributed by atoms with Crippen LogP contribution in [0, 0.1) is 0 Å². The van der Waals surface area contributed by atoms with Crippen molar-refractivity contribution in [3.63, 3.8) is 0 Å². The number of nitrogens with zero attached hydrogens (tertiary/aromatic N) is 1. The molecule has 3 amide bonds. The number of nitrogens with one attached hydrogen (secondary N) is 3. The van der Waals surface area contributed by atoms with E-state index in [4.69, 9.17) is 0 Å². The summed E-state index contributed by atoms with van der Waals surface area (Å²) in [4.78, 5) is 41.3. The molecule has 7 heteroatoms. The predicted molar refractivity (Wildman–Crippen MR) is 111 cm³/mol. The molecule has 1 aromatic heterocycles. The first kappa shape index (κ1) is 18.9. The van der Waals surface area contributed by atoms with Gasteiger partial charge in [-0.3, -0.25) is 14.4 Å². The molecule has 1 saturated heterocycles. The summed E-state index contributed by atoms with van der Waals surface area (Å²) in [5, 5.41) is 6.92. The van der Waals surface area contributed by atoms with E-state index in [1.165, 1.54) is 15.8 Å². The lowest BCUT2D eigenvalue weighted by molar-refractivity contribution is -0.121. The first-order valence-electron chi connectivity index (χ1n) is 9.56. The predicted octanol–water partition coefficient (Wildman–Crippen LogP) is 1.99. The fourth-order valence-electron chi connectivity index (χ4n) is 3.69. The van der Waals surface area contributed by atoms with Crippen LogP contribution in [0.4, 0.5) is 5.69 Å². The van der Waals surface area contributed by atoms with Crippen molar-refractivity contribution in [2.45, 2.75) is 18.9 Å². The van der Waals surface area contributed by atoms with Crippen molar-refractivity contribution in [2.75, 3.05) is 18.5 Å². The van der Waals surface area contributed by atoms with Gasteiger partial charge < -0.3 is 15.6 Å². The lowest BCUT2D eigenvalue weighted by Gasteiger charge is -2.16. The highest BCUT2D eigenvalue weighted by Gasteiger charge is 2.39. The molecule has 29 heavy (non-hydrogen) atoms. The summed E-state index contributed by atoms with van der Waals surface area (Å²) < 4.78 is 0. The fourth-order valence-corrected chi connectivity index (χ4v) is 3.69. The lowest BCUT2D eigenvalue weighted by atomic mass is 10.1. The molecule has 1 atom stereocenters. The minimum absolute atomic E-state index is 0.129. The van der Waals surface area contributed by atoms with Gasteiger partial charge in [0.05, 0.1) is 18.2 Å². The van der Waals surface area contributed by atoms with Crippen LogP contribution in [-0.4, -0.2) is 42.3 Å². The number of fused-ring (bicyclic) bond motifs is 1. The zero-order chi connectivity index (χ0) is 20.4. The first-order chi connectivity index (χ1) is 14.1. The smallest absolute Gasteiger partial charge is 0.251 e. The first-order valence-corrected chi connectivity index (χ1v) is 9.56. The second kappa shape index (κ2) is 7.89. The summed E-state index contributed by atoms with van der Waals surface area (Å²) in [6.07, 6.45) is 2.86. The highest BCUT2D eigenvalue weighted by atomic mass is 16.2. The number of carbonyl (C=O) groups is 3. The minimum atomic E-state index is -0.536. The van der Waals surface area contributed by atoms with Crippen molar-refractivity contribution >= 4 is 34.3 Å². The second-order valence-electron chi connectivity index (χ2n) is 7.01. The van der Waals surface area contributed by atoms with Gasteiger partial charge in [-0.15, -0.1) is 0 Å². The average molecular weight is 390 g/mol. The van der Waals surface area contributed by atoms with Gasteiger partial charge in [0.2, 0.25) is 5.91 Å². The number of carbonyl (C=O) groups excluding carboxylic acids is 3. The van der Waals surface area contributed by atoms with Crippen LogP contribution in [0.15, 0.2) is 54.7 Å². The van der Waals surface area contributed by atoms with Gasteiger partial charge in [-0.1, -0.05) is 18.2 Å². The van der Waals surface area contributed by atoms with Crippen LogP contribution in [0.2, 0.25) is 0 Å². The Bertz CT molecular complexity index is 1070. The highest BCUT2D eigenvalue weighted by Crippen LogP contribution is 2.24. The summed E-state index contributed by atoms with van der Waals surface area (Å²) in [5.74, 6) is -0.721.